The summed E-state index contributed by atoms with van der Waals surface area (Å²) in [5.41, 5.74) is 2.60. The van der Waals surface area contributed by atoms with Gasteiger partial charge in [0.25, 0.3) is 11.8 Å². The van der Waals surface area contributed by atoms with Crippen LogP contribution in [0.15, 0.2) is 65.7 Å². The molecule has 7 heteroatoms. The fourth-order valence-corrected chi connectivity index (χ4v) is 3.93. The number of hydrogen-bond donors (Lipinski definition) is 2. The number of carbonyl (C=O) groups excluding carboxylic acids is 2. The minimum Gasteiger partial charge on any atom is -0.493 e. The molecule has 0 spiro atoms. The molecule has 3 rings (SSSR count). The first-order valence-corrected chi connectivity index (χ1v) is 11.0. The van der Waals surface area contributed by atoms with Gasteiger partial charge in [-0.2, -0.15) is 0 Å². The Morgan fingerprint density at radius 3 is 2.41 bits per heavy atom. The van der Waals surface area contributed by atoms with E-state index in [1.54, 1.807) is 24.3 Å². The van der Waals surface area contributed by atoms with Crippen molar-refractivity contribution in [3.8, 4) is 11.5 Å². The van der Waals surface area contributed by atoms with Gasteiger partial charge in [0.05, 0.1) is 20.3 Å². The van der Waals surface area contributed by atoms with Gasteiger partial charge in [-0.1, -0.05) is 30.3 Å². The van der Waals surface area contributed by atoms with E-state index >= 15 is 0 Å². The van der Waals surface area contributed by atoms with E-state index in [1.165, 1.54) is 25.6 Å². The molecule has 2 amide bonds. The minimum atomic E-state index is -0.424. The van der Waals surface area contributed by atoms with Crippen molar-refractivity contribution in [3.05, 3.63) is 87.2 Å². The highest BCUT2D eigenvalue weighted by Crippen LogP contribution is 2.27. The average Bonchev–Trinajstić information content (AvgIpc) is 3.31. The lowest BCUT2D eigenvalue weighted by atomic mass is 10.0. The van der Waals surface area contributed by atoms with Crippen LogP contribution in [0.3, 0.4) is 0 Å². The number of carbonyl (C=O) groups is 2. The molecule has 1 heterocycles. The van der Waals surface area contributed by atoms with E-state index in [0.717, 1.165) is 16.0 Å². The lowest BCUT2D eigenvalue weighted by Crippen LogP contribution is -2.36. The zero-order valence-electron chi connectivity index (χ0n) is 18.5. The number of thiophene rings is 1. The predicted octanol–water partition coefficient (Wildman–Crippen LogP) is 4.72. The SMILES string of the molecule is COc1ccc(C(=O)N/C(=C\c2cccs2)C(=O)N[C@H](C)c2ccccc2C)cc1OC. The van der Waals surface area contributed by atoms with Gasteiger partial charge in [-0.3, -0.25) is 9.59 Å². The molecule has 166 valence electrons. The van der Waals surface area contributed by atoms with E-state index in [-0.39, 0.29) is 17.6 Å². The van der Waals surface area contributed by atoms with E-state index in [4.69, 9.17) is 9.47 Å². The summed E-state index contributed by atoms with van der Waals surface area (Å²) >= 11 is 1.48. The average molecular weight is 451 g/mol. The Kier molecular flexibility index (Phi) is 7.68. The number of methoxy groups -OCH3 is 2. The normalized spacial score (nSPS) is 12.1. The lowest BCUT2D eigenvalue weighted by Gasteiger charge is -2.18. The van der Waals surface area contributed by atoms with E-state index < -0.39 is 5.91 Å². The summed E-state index contributed by atoms with van der Waals surface area (Å²) < 4.78 is 10.5. The summed E-state index contributed by atoms with van der Waals surface area (Å²) in [7, 11) is 3.03. The first kappa shape index (κ1) is 23.1. The van der Waals surface area contributed by atoms with Crippen molar-refractivity contribution in [2.75, 3.05) is 14.2 Å². The van der Waals surface area contributed by atoms with Crippen LogP contribution in [0.5, 0.6) is 11.5 Å². The van der Waals surface area contributed by atoms with Crippen molar-refractivity contribution in [1.29, 1.82) is 0 Å². The molecule has 2 aromatic carbocycles. The summed E-state index contributed by atoms with van der Waals surface area (Å²) in [6.07, 6.45) is 1.67. The molecule has 0 saturated carbocycles. The number of aryl methyl sites for hydroxylation is 1. The minimum absolute atomic E-state index is 0.160. The third-order valence-corrected chi connectivity index (χ3v) is 5.79. The van der Waals surface area contributed by atoms with Crippen LogP contribution in [0.1, 0.15) is 39.3 Å². The van der Waals surface area contributed by atoms with Gasteiger partial charge >= 0.3 is 0 Å². The van der Waals surface area contributed by atoms with Gasteiger partial charge in [0, 0.05) is 10.4 Å². The Morgan fingerprint density at radius 1 is 1.00 bits per heavy atom. The molecule has 0 bridgehead atoms. The standard InChI is InChI=1S/C25H26N2O4S/c1-16-8-5-6-10-20(16)17(2)26-25(29)21(15-19-9-7-13-32-19)27-24(28)18-11-12-22(30-3)23(14-18)31-4/h5-15,17H,1-4H3,(H,26,29)(H,27,28)/b21-15-/t17-/m1/s1. The number of nitrogens with one attached hydrogen (secondary N) is 2. The second kappa shape index (κ2) is 10.6. The van der Waals surface area contributed by atoms with Crippen LogP contribution in [-0.4, -0.2) is 26.0 Å². The van der Waals surface area contributed by atoms with Crippen molar-refractivity contribution < 1.29 is 19.1 Å². The fraction of sp³-hybridized carbons (Fsp3) is 0.200. The van der Waals surface area contributed by atoms with Crippen LogP contribution >= 0.6 is 11.3 Å². The van der Waals surface area contributed by atoms with Crippen LogP contribution in [0.2, 0.25) is 0 Å². The Morgan fingerprint density at radius 2 is 1.75 bits per heavy atom. The molecule has 3 aromatic rings. The van der Waals surface area contributed by atoms with Gasteiger partial charge in [0.2, 0.25) is 0 Å². The maximum absolute atomic E-state index is 13.1. The number of benzene rings is 2. The third-order valence-electron chi connectivity index (χ3n) is 4.97. The van der Waals surface area contributed by atoms with Gasteiger partial charge in [-0.25, -0.2) is 0 Å². The molecule has 1 aromatic heterocycles. The number of hydrogen-bond acceptors (Lipinski definition) is 5. The summed E-state index contributed by atoms with van der Waals surface area (Å²) in [5, 5.41) is 7.65. The fourth-order valence-electron chi connectivity index (χ4n) is 3.27. The van der Waals surface area contributed by atoms with Crippen molar-refractivity contribution >= 4 is 29.2 Å². The van der Waals surface area contributed by atoms with Crippen LogP contribution in [-0.2, 0) is 4.79 Å². The zero-order valence-corrected chi connectivity index (χ0v) is 19.3. The molecular formula is C25H26N2O4S. The molecule has 2 N–H and O–H groups in total. The first-order chi connectivity index (χ1) is 15.4. The van der Waals surface area contributed by atoms with Gasteiger partial charge < -0.3 is 20.1 Å². The molecule has 0 fully saturated rings. The van der Waals surface area contributed by atoms with Crippen LogP contribution in [0, 0.1) is 6.92 Å². The molecule has 0 aliphatic heterocycles. The van der Waals surface area contributed by atoms with Gasteiger partial charge in [-0.15, -0.1) is 11.3 Å². The summed E-state index contributed by atoms with van der Waals surface area (Å²) in [5.74, 6) is 0.153. The van der Waals surface area contributed by atoms with Crippen LogP contribution in [0.25, 0.3) is 6.08 Å². The van der Waals surface area contributed by atoms with Crippen molar-refractivity contribution in [3.63, 3.8) is 0 Å². The molecule has 0 radical (unpaired) electrons. The predicted molar refractivity (Wildman–Crippen MR) is 127 cm³/mol. The van der Waals surface area contributed by atoms with Gasteiger partial charge in [0.1, 0.15) is 5.70 Å². The first-order valence-electron chi connectivity index (χ1n) is 10.1. The Bertz CT molecular complexity index is 1120. The van der Waals surface area contributed by atoms with Gasteiger partial charge in [-0.05, 0) is 60.7 Å². The van der Waals surface area contributed by atoms with E-state index in [9.17, 15) is 9.59 Å². The lowest BCUT2D eigenvalue weighted by molar-refractivity contribution is -0.118. The second-order valence-corrected chi connectivity index (χ2v) is 8.13. The molecule has 6 nitrogen and oxygen atoms in total. The zero-order chi connectivity index (χ0) is 23.1. The van der Waals surface area contributed by atoms with E-state index in [0.29, 0.717) is 17.1 Å². The highest BCUT2D eigenvalue weighted by Gasteiger charge is 2.19. The molecule has 0 saturated heterocycles. The van der Waals surface area contributed by atoms with E-state index in [2.05, 4.69) is 10.6 Å². The smallest absolute Gasteiger partial charge is 0.268 e. The quantitative estimate of drug-likeness (QED) is 0.487. The second-order valence-electron chi connectivity index (χ2n) is 7.15. The number of amides is 2. The highest BCUT2D eigenvalue weighted by molar-refractivity contribution is 7.10. The molecule has 0 aliphatic carbocycles. The number of rotatable bonds is 8. The molecule has 1 atom stereocenters. The maximum atomic E-state index is 13.1. The molecular weight excluding hydrogens is 424 g/mol. The van der Waals surface area contributed by atoms with Crippen molar-refractivity contribution in [2.45, 2.75) is 19.9 Å². The largest absolute Gasteiger partial charge is 0.493 e. The Labute approximate surface area is 191 Å². The molecule has 0 aliphatic rings. The van der Waals surface area contributed by atoms with Gasteiger partial charge in [0.15, 0.2) is 11.5 Å². The summed E-state index contributed by atoms with van der Waals surface area (Å²) in [6.45, 7) is 3.92. The van der Waals surface area contributed by atoms with E-state index in [1.807, 2.05) is 55.6 Å². The maximum Gasteiger partial charge on any atom is 0.268 e. The van der Waals surface area contributed by atoms with Crippen molar-refractivity contribution in [2.24, 2.45) is 0 Å². The Balaban J connectivity index is 1.84. The number of ether oxygens (including phenoxy) is 2. The summed E-state index contributed by atoms with van der Waals surface area (Å²) in [6, 6.07) is 16.3. The van der Waals surface area contributed by atoms with Crippen molar-refractivity contribution in [1.82, 2.24) is 10.6 Å². The van der Waals surface area contributed by atoms with Crippen LogP contribution < -0.4 is 20.1 Å². The molecule has 32 heavy (non-hydrogen) atoms. The highest BCUT2D eigenvalue weighted by atomic mass is 32.1. The summed E-state index contributed by atoms with van der Waals surface area (Å²) in [4.78, 5) is 26.9. The van der Waals surface area contributed by atoms with Crippen LogP contribution in [0.4, 0.5) is 0 Å². The topological polar surface area (TPSA) is 76.7 Å². The third kappa shape index (κ3) is 5.56. The molecule has 0 unspecified atom stereocenters. The Hall–Kier alpha value is -3.58. The monoisotopic (exact) mass is 450 g/mol.